The second-order valence-corrected chi connectivity index (χ2v) is 4.28. The number of pyridine rings is 1. The Kier molecular flexibility index (Phi) is 2.71. The molecule has 0 saturated heterocycles. The van der Waals surface area contributed by atoms with E-state index in [9.17, 15) is 4.79 Å². The molecule has 1 aromatic heterocycles. The van der Waals surface area contributed by atoms with Gasteiger partial charge in [-0.05, 0) is 25.0 Å². The van der Waals surface area contributed by atoms with Crippen molar-refractivity contribution in [2.45, 2.75) is 32.7 Å². The van der Waals surface area contributed by atoms with Crippen molar-refractivity contribution in [1.82, 2.24) is 4.98 Å². The van der Waals surface area contributed by atoms with Crippen molar-refractivity contribution in [3.8, 4) is 0 Å². The molecule has 0 atom stereocenters. The summed E-state index contributed by atoms with van der Waals surface area (Å²) in [5.41, 5.74) is 0. The molecule has 1 fully saturated rings. The Hall–Kier alpha value is -1.38. The SMILES string of the molecule is CC(C)C(=O)N(c1ccccn1)C1CC1. The summed E-state index contributed by atoms with van der Waals surface area (Å²) in [5, 5.41) is 0. The maximum atomic E-state index is 12.0. The van der Waals surface area contributed by atoms with Crippen molar-refractivity contribution < 1.29 is 4.79 Å². The van der Waals surface area contributed by atoms with Crippen molar-refractivity contribution in [3.63, 3.8) is 0 Å². The summed E-state index contributed by atoms with van der Waals surface area (Å²) < 4.78 is 0. The molecule has 1 aromatic rings. The lowest BCUT2D eigenvalue weighted by Gasteiger charge is -2.23. The van der Waals surface area contributed by atoms with Crippen molar-refractivity contribution >= 4 is 11.7 Å². The molecule has 1 amide bonds. The van der Waals surface area contributed by atoms with Crippen LogP contribution in [0.25, 0.3) is 0 Å². The minimum atomic E-state index is 0.0348. The van der Waals surface area contributed by atoms with Gasteiger partial charge in [0, 0.05) is 18.2 Å². The minimum absolute atomic E-state index is 0.0348. The fourth-order valence-corrected chi connectivity index (χ4v) is 1.59. The minimum Gasteiger partial charge on any atom is -0.293 e. The quantitative estimate of drug-likeness (QED) is 0.756. The van der Waals surface area contributed by atoms with Gasteiger partial charge in [-0.2, -0.15) is 0 Å². The molecule has 2 rings (SSSR count). The largest absolute Gasteiger partial charge is 0.293 e. The van der Waals surface area contributed by atoms with Crippen LogP contribution in [-0.4, -0.2) is 16.9 Å². The maximum absolute atomic E-state index is 12.0. The van der Waals surface area contributed by atoms with Gasteiger partial charge in [-0.25, -0.2) is 4.98 Å². The molecule has 0 unspecified atom stereocenters. The molecule has 0 N–H and O–H groups in total. The zero-order valence-corrected chi connectivity index (χ0v) is 9.18. The van der Waals surface area contributed by atoms with Crippen LogP contribution in [0.2, 0.25) is 0 Å². The highest BCUT2D eigenvalue weighted by Crippen LogP contribution is 2.31. The predicted octanol–water partition coefficient (Wildman–Crippen LogP) is 2.23. The number of hydrogen-bond donors (Lipinski definition) is 0. The van der Waals surface area contributed by atoms with E-state index in [1.54, 1.807) is 6.20 Å². The van der Waals surface area contributed by atoms with Gasteiger partial charge in [0.05, 0.1) is 0 Å². The van der Waals surface area contributed by atoms with Gasteiger partial charge in [0.2, 0.25) is 5.91 Å². The molecule has 1 heterocycles. The van der Waals surface area contributed by atoms with Crippen molar-refractivity contribution in [3.05, 3.63) is 24.4 Å². The third-order valence-electron chi connectivity index (χ3n) is 2.54. The summed E-state index contributed by atoms with van der Waals surface area (Å²) in [4.78, 5) is 18.1. The van der Waals surface area contributed by atoms with Gasteiger partial charge in [-0.1, -0.05) is 19.9 Å². The zero-order chi connectivity index (χ0) is 10.8. The Balaban J connectivity index is 2.24. The molecular weight excluding hydrogens is 188 g/mol. The van der Waals surface area contributed by atoms with Crippen LogP contribution >= 0.6 is 0 Å². The van der Waals surface area contributed by atoms with E-state index in [-0.39, 0.29) is 11.8 Å². The molecule has 1 aliphatic rings. The summed E-state index contributed by atoms with van der Waals surface area (Å²) in [6.45, 7) is 3.86. The third kappa shape index (κ3) is 2.17. The highest BCUT2D eigenvalue weighted by Gasteiger charge is 2.35. The van der Waals surface area contributed by atoms with Gasteiger partial charge < -0.3 is 0 Å². The van der Waals surface area contributed by atoms with Gasteiger partial charge in [0.1, 0.15) is 5.82 Å². The normalized spacial score (nSPS) is 15.4. The lowest BCUT2D eigenvalue weighted by atomic mass is 10.2. The Labute approximate surface area is 90.1 Å². The number of carbonyl (C=O) groups excluding carboxylic acids is 1. The van der Waals surface area contributed by atoms with E-state index in [0.717, 1.165) is 18.7 Å². The first-order valence-corrected chi connectivity index (χ1v) is 5.44. The number of aromatic nitrogens is 1. The first-order valence-electron chi connectivity index (χ1n) is 5.44. The van der Waals surface area contributed by atoms with Gasteiger partial charge in [0.15, 0.2) is 0 Å². The van der Waals surface area contributed by atoms with Crippen molar-refractivity contribution in [2.24, 2.45) is 5.92 Å². The summed E-state index contributed by atoms with van der Waals surface area (Å²) in [5.74, 6) is 1.00. The Morgan fingerprint density at radius 2 is 2.20 bits per heavy atom. The van der Waals surface area contributed by atoms with Crippen molar-refractivity contribution in [2.75, 3.05) is 4.90 Å². The fourth-order valence-electron chi connectivity index (χ4n) is 1.59. The topological polar surface area (TPSA) is 33.2 Å². The molecule has 0 radical (unpaired) electrons. The van der Waals surface area contributed by atoms with Crippen LogP contribution in [0.1, 0.15) is 26.7 Å². The van der Waals surface area contributed by atoms with Gasteiger partial charge in [-0.15, -0.1) is 0 Å². The summed E-state index contributed by atoms with van der Waals surface area (Å²) in [7, 11) is 0. The molecule has 0 aromatic carbocycles. The molecule has 3 nitrogen and oxygen atoms in total. The van der Waals surface area contributed by atoms with E-state index in [0.29, 0.717) is 6.04 Å². The summed E-state index contributed by atoms with van der Waals surface area (Å²) in [6.07, 6.45) is 3.95. The highest BCUT2D eigenvalue weighted by atomic mass is 16.2. The Bertz CT molecular complexity index is 344. The van der Waals surface area contributed by atoms with Crippen molar-refractivity contribution in [1.29, 1.82) is 0 Å². The van der Waals surface area contributed by atoms with Crippen LogP contribution in [0, 0.1) is 5.92 Å². The molecule has 80 valence electrons. The van der Waals surface area contributed by atoms with Gasteiger partial charge in [0.25, 0.3) is 0 Å². The fraction of sp³-hybridized carbons (Fsp3) is 0.500. The molecule has 15 heavy (non-hydrogen) atoms. The smallest absolute Gasteiger partial charge is 0.230 e. The maximum Gasteiger partial charge on any atom is 0.230 e. The summed E-state index contributed by atoms with van der Waals surface area (Å²) >= 11 is 0. The molecule has 1 aliphatic carbocycles. The molecule has 1 saturated carbocycles. The Morgan fingerprint density at radius 3 is 2.67 bits per heavy atom. The van der Waals surface area contributed by atoms with Crippen LogP contribution in [0.3, 0.4) is 0 Å². The molecular formula is C12H16N2O. The molecule has 0 spiro atoms. The molecule has 3 heteroatoms. The summed E-state index contributed by atoms with van der Waals surface area (Å²) in [6, 6.07) is 6.08. The van der Waals surface area contributed by atoms with E-state index in [2.05, 4.69) is 4.98 Å². The number of amides is 1. The first-order chi connectivity index (χ1) is 7.20. The number of anilines is 1. The average Bonchev–Trinajstić information content (AvgIpc) is 3.04. The third-order valence-corrected chi connectivity index (χ3v) is 2.54. The number of rotatable bonds is 3. The lowest BCUT2D eigenvalue weighted by molar-refractivity contribution is -0.121. The van der Waals surface area contributed by atoms with E-state index in [1.165, 1.54) is 0 Å². The van der Waals surface area contributed by atoms with Crippen LogP contribution < -0.4 is 4.90 Å². The lowest BCUT2D eigenvalue weighted by Crippen LogP contribution is -2.36. The predicted molar refractivity (Wildman–Crippen MR) is 59.6 cm³/mol. The second kappa shape index (κ2) is 4.01. The molecule has 0 bridgehead atoms. The van der Waals surface area contributed by atoms with Crippen LogP contribution in [-0.2, 0) is 4.79 Å². The van der Waals surface area contributed by atoms with Gasteiger partial charge >= 0.3 is 0 Å². The molecule has 0 aliphatic heterocycles. The zero-order valence-electron chi connectivity index (χ0n) is 9.18. The highest BCUT2D eigenvalue weighted by molar-refractivity contribution is 5.94. The van der Waals surface area contributed by atoms with Crippen LogP contribution in [0.4, 0.5) is 5.82 Å². The number of nitrogens with zero attached hydrogens (tertiary/aromatic N) is 2. The van der Waals surface area contributed by atoms with E-state index >= 15 is 0 Å². The second-order valence-electron chi connectivity index (χ2n) is 4.28. The Morgan fingerprint density at radius 1 is 1.47 bits per heavy atom. The standard InChI is InChI=1S/C12H16N2O/c1-9(2)12(15)14(10-6-7-10)11-5-3-4-8-13-11/h3-5,8-10H,6-7H2,1-2H3. The average molecular weight is 204 g/mol. The first kappa shape index (κ1) is 10.1. The van der Waals surface area contributed by atoms with Crippen LogP contribution in [0.5, 0.6) is 0 Å². The van der Waals surface area contributed by atoms with Crippen LogP contribution in [0.15, 0.2) is 24.4 Å². The van der Waals surface area contributed by atoms with E-state index in [1.807, 2.05) is 36.9 Å². The number of carbonyl (C=O) groups is 1. The number of hydrogen-bond acceptors (Lipinski definition) is 2. The van der Waals surface area contributed by atoms with E-state index < -0.39 is 0 Å². The van der Waals surface area contributed by atoms with Gasteiger partial charge in [-0.3, -0.25) is 9.69 Å². The van der Waals surface area contributed by atoms with E-state index in [4.69, 9.17) is 0 Å². The monoisotopic (exact) mass is 204 g/mol.